The van der Waals surface area contributed by atoms with Crippen molar-refractivity contribution in [2.45, 2.75) is 11.0 Å². The first-order valence-corrected chi connectivity index (χ1v) is 8.00. The molecule has 0 heterocycles. The number of aliphatic hydroxyl groups is 1. The lowest BCUT2D eigenvalue weighted by Crippen LogP contribution is -2.36. The molecule has 118 valence electrons. The van der Waals surface area contributed by atoms with Gasteiger partial charge in [-0.05, 0) is 12.1 Å². The van der Waals surface area contributed by atoms with Crippen molar-refractivity contribution in [2.75, 3.05) is 27.3 Å². The van der Waals surface area contributed by atoms with Crippen LogP contribution in [-0.4, -0.2) is 56.2 Å². The van der Waals surface area contributed by atoms with Crippen LogP contribution in [0.1, 0.15) is 0 Å². The molecule has 0 aliphatic carbocycles. The summed E-state index contributed by atoms with van der Waals surface area (Å²) in [6.45, 7) is -0.278. The summed E-state index contributed by atoms with van der Waals surface area (Å²) in [6, 6.07) is 3.65. The number of likely N-dealkylation sites (N-methyl/N-ethyl adjacent to an activating group) is 1. The molecule has 1 aromatic rings. The van der Waals surface area contributed by atoms with Crippen LogP contribution in [0.5, 0.6) is 0 Å². The zero-order valence-electron chi connectivity index (χ0n) is 11.4. The van der Waals surface area contributed by atoms with Crippen LogP contribution < -0.4 is 0 Å². The van der Waals surface area contributed by atoms with Gasteiger partial charge in [-0.25, -0.2) is 8.42 Å². The predicted octanol–water partition coefficient (Wildman–Crippen LogP) is 0.985. The Morgan fingerprint density at radius 3 is 2.67 bits per heavy atom. The second-order valence-electron chi connectivity index (χ2n) is 4.26. The van der Waals surface area contributed by atoms with E-state index in [0.717, 1.165) is 16.4 Å². The van der Waals surface area contributed by atoms with E-state index in [4.69, 9.17) is 4.74 Å². The van der Waals surface area contributed by atoms with Gasteiger partial charge < -0.3 is 9.84 Å². The van der Waals surface area contributed by atoms with Crippen molar-refractivity contribution in [2.24, 2.45) is 0 Å². The number of nitro benzene ring substituents is 1. The van der Waals surface area contributed by atoms with Gasteiger partial charge >= 0.3 is 0 Å². The second kappa shape index (κ2) is 7.27. The van der Waals surface area contributed by atoms with Gasteiger partial charge in [0.25, 0.3) is 5.69 Å². The highest BCUT2D eigenvalue weighted by atomic mass is 79.9. The van der Waals surface area contributed by atoms with Crippen molar-refractivity contribution in [1.82, 2.24) is 4.31 Å². The Labute approximate surface area is 130 Å². The molecule has 0 amide bonds. The normalized spacial score (nSPS) is 13.4. The Balaban J connectivity index is 3.18. The standard InChI is InChI=1S/C11H15BrN2O6S/c1-13(6-9(15)7-20-2)21(18,19)11-5-8(12)3-4-10(11)14(16)17/h3-5,9,15H,6-7H2,1-2H3. The fourth-order valence-electron chi connectivity index (χ4n) is 1.65. The van der Waals surface area contributed by atoms with Crippen molar-refractivity contribution in [3.8, 4) is 0 Å². The number of rotatable bonds is 7. The monoisotopic (exact) mass is 382 g/mol. The molecule has 0 bridgehead atoms. The number of halogens is 1. The van der Waals surface area contributed by atoms with Crippen LogP contribution in [0, 0.1) is 10.1 Å². The number of hydrogen-bond donors (Lipinski definition) is 1. The molecule has 0 fully saturated rings. The molecule has 0 aromatic heterocycles. The molecule has 1 N–H and O–H groups in total. The maximum absolute atomic E-state index is 12.4. The molecule has 8 nitrogen and oxygen atoms in total. The van der Waals surface area contributed by atoms with Gasteiger partial charge in [0.1, 0.15) is 0 Å². The minimum absolute atomic E-state index is 0.0412. The van der Waals surface area contributed by atoms with Gasteiger partial charge in [0.05, 0.1) is 17.6 Å². The lowest BCUT2D eigenvalue weighted by atomic mass is 10.3. The maximum Gasteiger partial charge on any atom is 0.289 e. The minimum atomic E-state index is -4.10. The highest BCUT2D eigenvalue weighted by Crippen LogP contribution is 2.29. The van der Waals surface area contributed by atoms with Crippen molar-refractivity contribution in [3.05, 3.63) is 32.8 Å². The van der Waals surface area contributed by atoms with Crippen LogP contribution in [0.4, 0.5) is 5.69 Å². The van der Waals surface area contributed by atoms with Gasteiger partial charge in [-0.3, -0.25) is 10.1 Å². The molecule has 0 spiro atoms. The minimum Gasteiger partial charge on any atom is -0.389 e. The summed E-state index contributed by atoms with van der Waals surface area (Å²) >= 11 is 3.09. The van der Waals surface area contributed by atoms with E-state index in [1.54, 1.807) is 0 Å². The highest BCUT2D eigenvalue weighted by Gasteiger charge is 2.30. The van der Waals surface area contributed by atoms with Crippen LogP contribution in [0.15, 0.2) is 27.6 Å². The summed E-state index contributed by atoms with van der Waals surface area (Å²) < 4.78 is 30.8. The first-order valence-electron chi connectivity index (χ1n) is 5.77. The molecule has 0 aliphatic heterocycles. The molecular formula is C11H15BrN2O6S. The molecule has 10 heteroatoms. The highest BCUT2D eigenvalue weighted by molar-refractivity contribution is 9.10. The molecule has 0 aliphatic rings. The molecule has 0 radical (unpaired) electrons. The number of nitrogens with zero attached hydrogens (tertiary/aromatic N) is 2. The van der Waals surface area contributed by atoms with E-state index in [0.29, 0.717) is 4.47 Å². The van der Waals surface area contributed by atoms with Gasteiger partial charge in [-0.1, -0.05) is 15.9 Å². The number of benzene rings is 1. The Hall–Kier alpha value is -1.07. The van der Waals surface area contributed by atoms with Crippen LogP contribution in [0.25, 0.3) is 0 Å². The number of aliphatic hydroxyl groups excluding tert-OH is 1. The van der Waals surface area contributed by atoms with Gasteiger partial charge in [-0.15, -0.1) is 0 Å². The third-order valence-electron chi connectivity index (χ3n) is 2.63. The Morgan fingerprint density at radius 1 is 1.52 bits per heavy atom. The Kier molecular flexibility index (Phi) is 6.23. The number of nitro groups is 1. The lowest BCUT2D eigenvalue weighted by molar-refractivity contribution is -0.387. The number of methoxy groups -OCH3 is 1. The maximum atomic E-state index is 12.4. The van der Waals surface area contributed by atoms with Crippen LogP contribution >= 0.6 is 15.9 Å². The van der Waals surface area contributed by atoms with E-state index in [2.05, 4.69) is 15.9 Å². The molecule has 1 rings (SSSR count). The third kappa shape index (κ3) is 4.45. The van der Waals surface area contributed by atoms with Gasteiger partial charge in [0.15, 0.2) is 4.90 Å². The summed E-state index contributed by atoms with van der Waals surface area (Å²) in [5, 5.41) is 20.6. The van der Waals surface area contributed by atoms with E-state index in [1.165, 1.54) is 20.2 Å². The second-order valence-corrected chi connectivity index (χ2v) is 7.19. The first kappa shape index (κ1) is 18.0. The predicted molar refractivity (Wildman–Crippen MR) is 78.5 cm³/mol. The average Bonchev–Trinajstić information content (AvgIpc) is 2.38. The van der Waals surface area contributed by atoms with Crippen molar-refractivity contribution < 1.29 is 23.2 Å². The summed E-state index contributed by atoms with van der Waals surface area (Å²) in [6.07, 6.45) is -1.03. The fourth-order valence-corrected chi connectivity index (χ4v) is 3.55. The van der Waals surface area contributed by atoms with E-state index >= 15 is 0 Å². The molecule has 1 unspecified atom stereocenters. The van der Waals surface area contributed by atoms with Gasteiger partial charge in [0, 0.05) is 31.2 Å². The average molecular weight is 383 g/mol. The Bertz CT molecular complexity index is 621. The van der Waals surface area contributed by atoms with E-state index in [9.17, 15) is 23.6 Å². The summed E-state index contributed by atoms with van der Waals surface area (Å²) in [5.74, 6) is 0. The number of ether oxygens (including phenoxy) is 1. The van der Waals surface area contributed by atoms with Gasteiger partial charge in [-0.2, -0.15) is 4.31 Å². The third-order valence-corrected chi connectivity index (χ3v) is 4.98. The van der Waals surface area contributed by atoms with Gasteiger partial charge in [0.2, 0.25) is 10.0 Å². The first-order chi connectivity index (χ1) is 9.70. The molecule has 0 saturated carbocycles. The van der Waals surface area contributed by atoms with Crippen LogP contribution in [0.2, 0.25) is 0 Å². The molecule has 0 saturated heterocycles. The lowest BCUT2D eigenvalue weighted by Gasteiger charge is -2.20. The zero-order valence-corrected chi connectivity index (χ0v) is 13.8. The van der Waals surface area contributed by atoms with Crippen LogP contribution in [0.3, 0.4) is 0 Å². The van der Waals surface area contributed by atoms with E-state index < -0.39 is 31.6 Å². The van der Waals surface area contributed by atoms with E-state index in [1.807, 2.05) is 0 Å². The molecule has 1 atom stereocenters. The molecule has 1 aromatic carbocycles. The fraction of sp³-hybridized carbons (Fsp3) is 0.455. The molecule has 21 heavy (non-hydrogen) atoms. The largest absolute Gasteiger partial charge is 0.389 e. The quantitative estimate of drug-likeness (QED) is 0.555. The topological polar surface area (TPSA) is 110 Å². The summed E-state index contributed by atoms with van der Waals surface area (Å²) in [4.78, 5) is 9.76. The molecular weight excluding hydrogens is 368 g/mol. The summed E-state index contributed by atoms with van der Waals surface area (Å²) in [5.41, 5.74) is -0.522. The van der Waals surface area contributed by atoms with Crippen molar-refractivity contribution in [1.29, 1.82) is 0 Å². The Morgan fingerprint density at radius 2 is 2.14 bits per heavy atom. The van der Waals surface area contributed by atoms with Crippen molar-refractivity contribution >= 4 is 31.6 Å². The summed E-state index contributed by atoms with van der Waals surface area (Å²) in [7, 11) is -1.50. The number of sulfonamides is 1. The zero-order chi connectivity index (χ0) is 16.2. The van der Waals surface area contributed by atoms with E-state index in [-0.39, 0.29) is 13.2 Å². The smallest absolute Gasteiger partial charge is 0.289 e. The number of hydrogen-bond acceptors (Lipinski definition) is 6. The SMILES string of the molecule is COCC(O)CN(C)S(=O)(=O)c1cc(Br)ccc1[N+](=O)[O-]. The van der Waals surface area contributed by atoms with Crippen LogP contribution in [-0.2, 0) is 14.8 Å². The van der Waals surface area contributed by atoms with Crippen molar-refractivity contribution in [3.63, 3.8) is 0 Å².